The van der Waals surface area contributed by atoms with Gasteiger partial charge in [0.2, 0.25) is 5.91 Å². The Labute approximate surface area is 266 Å². The lowest BCUT2D eigenvalue weighted by Gasteiger charge is -2.35. The van der Waals surface area contributed by atoms with Crippen LogP contribution in [0.3, 0.4) is 0 Å². The van der Waals surface area contributed by atoms with E-state index in [1.54, 1.807) is 6.07 Å². The fourth-order valence-corrected chi connectivity index (χ4v) is 5.22. The summed E-state index contributed by atoms with van der Waals surface area (Å²) < 4.78 is 20.3. The molecule has 3 rings (SSSR count). The monoisotopic (exact) mass is 615 g/mol. The lowest BCUT2D eigenvalue weighted by atomic mass is 9.84. The molecule has 3 aromatic rings. The lowest BCUT2D eigenvalue weighted by Crippen LogP contribution is -2.56. The number of amides is 1. The molecule has 3 aromatic carbocycles. The van der Waals surface area contributed by atoms with Gasteiger partial charge in [-0.05, 0) is 68.2 Å². The highest BCUT2D eigenvalue weighted by molar-refractivity contribution is 5.83. The van der Waals surface area contributed by atoms with Crippen molar-refractivity contribution in [1.29, 1.82) is 5.26 Å². The van der Waals surface area contributed by atoms with Gasteiger partial charge in [-0.2, -0.15) is 5.26 Å². The Balaban J connectivity index is 1.74. The molecule has 0 radical (unpaired) electrons. The number of aliphatic hydroxyl groups is 1. The third-order valence-corrected chi connectivity index (χ3v) is 7.80. The smallest absolute Gasteiger partial charge is 0.307 e. The maximum absolute atomic E-state index is 15.0. The fraction of sp³-hybridized carbons (Fsp3) is 0.432. The highest BCUT2D eigenvalue weighted by Crippen LogP contribution is 2.27. The molecule has 4 atom stereocenters. The number of hydrogen-bond donors (Lipinski definition) is 3. The van der Waals surface area contributed by atoms with E-state index in [2.05, 4.69) is 10.6 Å². The molecular formula is C37H46FN3O4. The van der Waals surface area contributed by atoms with Crippen LogP contribution >= 0.6 is 0 Å². The Morgan fingerprint density at radius 2 is 1.60 bits per heavy atom. The molecule has 0 fully saturated rings. The first kappa shape index (κ1) is 35.4. The first-order valence-electron chi connectivity index (χ1n) is 15.5. The Hall–Kier alpha value is -4.06. The molecule has 0 bridgehead atoms. The second-order valence-electron chi connectivity index (χ2n) is 13.2. The summed E-state index contributed by atoms with van der Waals surface area (Å²) in [6.45, 7) is 10.6. The molecule has 0 heterocycles. The van der Waals surface area contributed by atoms with Crippen molar-refractivity contribution in [1.82, 2.24) is 10.6 Å². The number of aliphatic hydroxyl groups excluding tert-OH is 1. The van der Waals surface area contributed by atoms with Crippen LogP contribution in [0.25, 0.3) is 11.1 Å². The van der Waals surface area contributed by atoms with Crippen molar-refractivity contribution in [2.75, 3.05) is 0 Å². The van der Waals surface area contributed by atoms with Gasteiger partial charge in [-0.3, -0.25) is 14.9 Å². The largest absolute Gasteiger partial charge is 0.444 e. The van der Waals surface area contributed by atoms with Gasteiger partial charge in [0, 0.05) is 11.5 Å². The third-order valence-electron chi connectivity index (χ3n) is 7.80. The van der Waals surface area contributed by atoms with E-state index in [4.69, 9.17) is 4.74 Å². The van der Waals surface area contributed by atoms with E-state index in [0.29, 0.717) is 24.8 Å². The quantitative estimate of drug-likeness (QED) is 0.135. The van der Waals surface area contributed by atoms with Crippen LogP contribution in [0.2, 0.25) is 0 Å². The maximum atomic E-state index is 15.0. The number of carbonyl (C=O) groups excluding carboxylic acids is 2. The maximum Gasteiger partial charge on any atom is 0.307 e. The van der Waals surface area contributed by atoms with Gasteiger partial charge in [0.25, 0.3) is 0 Å². The Bertz CT molecular complexity index is 1450. The van der Waals surface area contributed by atoms with Crippen molar-refractivity contribution in [2.45, 2.75) is 91.1 Å². The van der Waals surface area contributed by atoms with E-state index in [9.17, 15) is 24.3 Å². The molecule has 1 unspecified atom stereocenters. The summed E-state index contributed by atoms with van der Waals surface area (Å²) in [6.07, 6.45) is 0.0457. The molecule has 0 aliphatic heterocycles. The predicted molar refractivity (Wildman–Crippen MR) is 174 cm³/mol. The molecular weight excluding hydrogens is 569 g/mol. The van der Waals surface area contributed by atoms with Crippen molar-refractivity contribution in [2.24, 2.45) is 11.3 Å². The zero-order chi connectivity index (χ0) is 33.2. The molecule has 0 aromatic heterocycles. The van der Waals surface area contributed by atoms with E-state index in [1.807, 2.05) is 100 Å². The number of ether oxygens (including phenoxy) is 1. The number of carbonyl (C=O) groups is 2. The summed E-state index contributed by atoms with van der Waals surface area (Å²) in [4.78, 5) is 26.4. The van der Waals surface area contributed by atoms with Gasteiger partial charge in [-0.1, -0.05) is 93.6 Å². The van der Waals surface area contributed by atoms with E-state index in [-0.39, 0.29) is 24.2 Å². The minimum Gasteiger partial charge on any atom is -0.444 e. The lowest BCUT2D eigenvalue weighted by molar-refractivity contribution is -0.154. The van der Waals surface area contributed by atoms with Crippen LogP contribution < -0.4 is 10.6 Å². The van der Waals surface area contributed by atoms with E-state index < -0.39 is 35.2 Å². The number of hydrogen-bond acceptors (Lipinski definition) is 6. The highest BCUT2D eigenvalue weighted by Gasteiger charge is 2.36. The molecule has 0 aliphatic rings. The zero-order valence-electron chi connectivity index (χ0n) is 27.1. The molecule has 0 saturated carbocycles. The number of nitrogens with one attached hydrogen (secondary N) is 2. The highest BCUT2D eigenvalue weighted by atomic mass is 19.1. The minimum absolute atomic E-state index is 0.167. The Kier molecular flexibility index (Phi) is 12.4. The standard InChI is InChI=1S/C37H46FN3O4/c1-25(27-15-9-7-10-16-27)40-35(44)33(36(2,3)4)41-34(43)29(23-32(42)45-37(5,6)24-39)19-13-14-26-20-21-30(31(38)22-26)28-17-11-8-12-18-28/h7-12,15-18,20-22,25,29,33-34,41,43H,13-14,19,23H2,1-6H3,(H,40,44)/t25-,29-,33-,34?/m1/s1. The first-order valence-corrected chi connectivity index (χ1v) is 15.5. The van der Waals surface area contributed by atoms with Gasteiger partial charge in [0.1, 0.15) is 18.1 Å². The molecule has 0 spiro atoms. The van der Waals surface area contributed by atoms with E-state index in [0.717, 1.165) is 16.7 Å². The van der Waals surface area contributed by atoms with Crippen molar-refractivity contribution in [3.63, 3.8) is 0 Å². The average Bonchev–Trinajstić information content (AvgIpc) is 2.99. The van der Waals surface area contributed by atoms with Crippen LogP contribution in [0.1, 0.15) is 78.0 Å². The van der Waals surface area contributed by atoms with Crippen LogP contribution in [0, 0.1) is 28.5 Å². The summed E-state index contributed by atoms with van der Waals surface area (Å²) in [6, 6.07) is 25.0. The number of nitriles is 1. The molecule has 240 valence electrons. The minimum atomic E-state index is -1.32. The van der Waals surface area contributed by atoms with Gasteiger partial charge in [-0.15, -0.1) is 0 Å². The van der Waals surface area contributed by atoms with E-state index in [1.165, 1.54) is 19.9 Å². The molecule has 7 nitrogen and oxygen atoms in total. The third kappa shape index (κ3) is 10.8. The topological polar surface area (TPSA) is 111 Å². The number of benzene rings is 3. The van der Waals surface area contributed by atoms with Gasteiger partial charge in [0.15, 0.2) is 5.60 Å². The molecule has 0 saturated heterocycles. The van der Waals surface area contributed by atoms with Crippen molar-refractivity contribution in [3.05, 3.63) is 95.8 Å². The normalized spacial score (nSPS) is 14.5. The van der Waals surface area contributed by atoms with Gasteiger partial charge in [-0.25, -0.2) is 4.39 Å². The second kappa shape index (κ2) is 15.8. The first-order chi connectivity index (χ1) is 21.2. The number of nitrogens with zero attached hydrogens (tertiary/aromatic N) is 1. The summed E-state index contributed by atoms with van der Waals surface area (Å²) in [5.74, 6) is -1.86. The Morgan fingerprint density at radius 3 is 2.18 bits per heavy atom. The van der Waals surface area contributed by atoms with Crippen LogP contribution in [-0.2, 0) is 20.7 Å². The molecule has 0 aliphatic carbocycles. The van der Waals surface area contributed by atoms with Crippen LogP contribution in [-0.4, -0.2) is 34.9 Å². The SMILES string of the molecule is C[C@@H](NC(=O)[C@@H](NC(O)[C@H](CCCc1ccc(-c2ccccc2)c(F)c1)CC(=O)OC(C)(C)C#N)C(C)(C)C)c1ccccc1. The van der Waals surface area contributed by atoms with Crippen LogP contribution in [0.15, 0.2) is 78.9 Å². The molecule has 45 heavy (non-hydrogen) atoms. The molecule has 8 heteroatoms. The van der Waals surface area contributed by atoms with Crippen molar-refractivity contribution < 1.29 is 23.8 Å². The number of halogens is 1. The summed E-state index contributed by atoms with van der Waals surface area (Å²) in [5.41, 5.74) is 1.17. The van der Waals surface area contributed by atoms with Crippen molar-refractivity contribution in [3.8, 4) is 17.2 Å². The van der Waals surface area contributed by atoms with Crippen molar-refractivity contribution >= 4 is 11.9 Å². The molecule has 1 amide bonds. The van der Waals surface area contributed by atoms with Crippen LogP contribution in [0.4, 0.5) is 4.39 Å². The molecule has 3 N–H and O–H groups in total. The van der Waals surface area contributed by atoms with E-state index >= 15 is 0 Å². The average molecular weight is 616 g/mol. The summed E-state index contributed by atoms with van der Waals surface area (Å²) >= 11 is 0. The summed E-state index contributed by atoms with van der Waals surface area (Å²) in [5, 5.41) is 26.9. The number of rotatable bonds is 14. The predicted octanol–water partition coefficient (Wildman–Crippen LogP) is 6.87. The van der Waals surface area contributed by atoms with Crippen LogP contribution in [0.5, 0.6) is 0 Å². The number of esters is 1. The van der Waals surface area contributed by atoms with Gasteiger partial charge < -0.3 is 15.2 Å². The number of aryl methyl sites for hydroxylation is 1. The van der Waals surface area contributed by atoms with Gasteiger partial charge in [0.05, 0.1) is 18.5 Å². The van der Waals surface area contributed by atoms with Gasteiger partial charge >= 0.3 is 5.97 Å². The summed E-state index contributed by atoms with van der Waals surface area (Å²) in [7, 11) is 0. The second-order valence-corrected chi connectivity index (χ2v) is 13.2. The fourth-order valence-electron chi connectivity index (χ4n) is 5.22. The zero-order valence-corrected chi connectivity index (χ0v) is 27.1. The Morgan fingerprint density at radius 1 is 0.978 bits per heavy atom.